The first-order valence-electron chi connectivity index (χ1n) is 12.9. The van der Waals surface area contributed by atoms with E-state index in [0.717, 1.165) is 43.4 Å². The second-order valence-corrected chi connectivity index (χ2v) is 10.0. The predicted octanol–water partition coefficient (Wildman–Crippen LogP) is 4.99. The number of fused-ring (bicyclic) bond motifs is 1. The smallest absolute Gasteiger partial charge is 0.277 e. The summed E-state index contributed by atoms with van der Waals surface area (Å²) in [6.45, 7) is 4.23. The van der Waals surface area contributed by atoms with Crippen LogP contribution in [0.15, 0.2) is 54.6 Å². The second-order valence-electron chi connectivity index (χ2n) is 10.0. The van der Waals surface area contributed by atoms with E-state index in [1.807, 2.05) is 49.4 Å². The molecule has 188 valence electrons. The topological polar surface area (TPSA) is 76.5 Å². The first-order valence-corrected chi connectivity index (χ1v) is 12.9. The number of carbonyl (C=O) groups excluding carboxylic acids is 2. The molecule has 0 saturated heterocycles. The summed E-state index contributed by atoms with van der Waals surface area (Å²) in [7, 11) is 1.61. The van der Waals surface area contributed by atoms with E-state index in [0.29, 0.717) is 17.1 Å². The highest BCUT2D eigenvalue weighted by molar-refractivity contribution is 6.12. The molecule has 5 rings (SSSR count). The quantitative estimate of drug-likeness (QED) is 0.533. The SMILES string of the molecule is CCc1ccc(-c2cc3n(n2)CC(C)(C(=O)NC2CCCCC2)N(c2ccc(OC)cc2)C3=O)cc1. The predicted molar refractivity (Wildman–Crippen MR) is 140 cm³/mol. The Bertz CT molecular complexity index is 1240. The number of carbonyl (C=O) groups is 2. The molecule has 0 bridgehead atoms. The lowest BCUT2D eigenvalue weighted by atomic mass is 9.91. The summed E-state index contributed by atoms with van der Waals surface area (Å²) < 4.78 is 7.01. The number of aryl methyl sites for hydroxylation is 1. The van der Waals surface area contributed by atoms with E-state index in [2.05, 4.69) is 24.4 Å². The number of ether oxygens (including phenoxy) is 1. The average Bonchev–Trinajstić information content (AvgIpc) is 3.33. The molecular weight excluding hydrogens is 452 g/mol. The number of benzene rings is 2. The Morgan fingerprint density at radius 3 is 2.42 bits per heavy atom. The number of hydrogen-bond donors (Lipinski definition) is 1. The molecule has 1 N–H and O–H groups in total. The van der Waals surface area contributed by atoms with E-state index in [-0.39, 0.29) is 24.4 Å². The van der Waals surface area contributed by atoms with Gasteiger partial charge in [-0.05, 0) is 62.1 Å². The van der Waals surface area contributed by atoms with Crippen molar-refractivity contribution in [2.24, 2.45) is 0 Å². The molecule has 1 aromatic heterocycles. The molecule has 7 nitrogen and oxygen atoms in total. The lowest BCUT2D eigenvalue weighted by molar-refractivity contribution is -0.127. The summed E-state index contributed by atoms with van der Waals surface area (Å²) in [5.41, 5.74) is 2.92. The fourth-order valence-corrected chi connectivity index (χ4v) is 5.36. The van der Waals surface area contributed by atoms with E-state index >= 15 is 0 Å². The van der Waals surface area contributed by atoms with E-state index < -0.39 is 5.54 Å². The summed E-state index contributed by atoms with van der Waals surface area (Å²) in [4.78, 5) is 29.4. The Kier molecular flexibility index (Phi) is 6.56. The minimum absolute atomic E-state index is 0.141. The Morgan fingerprint density at radius 2 is 1.78 bits per heavy atom. The van der Waals surface area contributed by atoms with Crippen molar-refractivity contribution in [3.8, 4) is 17.0 Å². The number of methoxy groups -OCH3 is 1. The molecule has 1 saturated carbocycles. The largest absolute Gasteiger partial charge is 0.497 e. The molecule has 2 aliphatic rings. The zero-order chi connectivity index (χ0) is 25.3. The van der Waals surface area contributed by atoms with E-state index in [1.165, 1.54) is 12.0 Å². The summed E-state index contributed by atoms with van der Waals surface area (Å²) >= 11 is 0. The van der Waals surface area contributed by atoms with Gasteiger partial charge in [-0.15, -0.1) is 0 Å². The van der Waals surface area contributed by atoms with Crippen LogP contribution in [0.5, 0.6) is 5.75 Å². The molecule has 0 radical (unpaired) electrons. The molecule has 3 aromatic rings. The zero-order valence-corrected chi connectivity index (χ0v) is 21.3. The standard InChI is InChI=1S/C29H34N4O3/c1-4-20-10-12-21(13-11-20)25-18-26-27(34)33(23-14-16-24(36-3)17-15-23)29(2,19-32(26)31-25)28(35)30-22-8-6-5-7-9-22/h10-18,22H,4-9,19H2,1-3H3,(H,30,35). The Balaban J connectivity index is 1.53. The van der Waals surface area contributed by atoms with Gasteiger partial charge in [-0.2, -0.15) is 5.10 Å². The van der Waals surface area contributed by atoms with Crippen molar-refractivity contribution in [3.63, 3.8) is 0 Å². The number of hydrogen-bond acceptors (Lipinski definition) is 4. The van der Waals surface area contributed by atoms with Crippen molar-refractivity contribution >= 4 is 17.5 Å². The van der Waals surface area contributed by atoms with Crippen LogP contribution in [0.2, 0.25) is 0 Å². The average molecular weight is 487 g/mol. The highest BCUT2D eigenvalue weighted by atomic mass is 16.5. The van der Waals surface area contributed by atoms with Crippen LogP contribution in [0, 0.1) is 0 Å². The van der Waals surface area contributed by atoms with Crippen LogP contribution in [0.1, 0.15) is 62.0 Å². The fraction of sp³-hybridized carbons (Fsp3) is 0.414. The number of rotatable bonds is 6. The molecule has 2 heterocycles. The lowest BCUT2D eigenvalue weighted by Gasteiger charge is -2.44. The van der Waals surface area contributed by atoms with Crippen LogP contribution in [0.4, 0.5) is 5.69 Å². The van der Waals surface area contributed by atoms with Crippen molar-refractivity contribution < 1.29 is 14.3 Å². The molecule has 1 atom stereocenters. The molecule has 36 heavy (non-hydrogen) atoms. The highest BCUT2D eigenvalue weighted by Gasteiger charge is 2.49. The van der Waals surface area contributed by atoms with Gasteiger partial charge in [-0.25, -0.2) is 0 Å². The number of amides is 2. The van der Waals surface area contributed by atoms with Crippen LogP contribution >= 0.6 is 0 Å². The summed E-state index contributed by atoms with van der Waals surface area (Å²) in [5.74, 6) is 0.310. The summed E-state index contributed by atoms with van der Waals surface area (Å²) in [6, 6.07) is 17.5. The number of nitrogens with zero attached hydrogens (tertiary/aromatic N) is 3. The van der Waals surface area contributed by atoms with Gasteiger partial charge in [0.2, 0.25) is 5.91 Å². The molecule has 1 unspecified atom stereocenters. The lowest BCUT2D eigenvalue weighted by Crippen LogP contribution is -2.65. The van der Waals surface area contributed by atoms with Crippen LogP contribution in [0.3, 0.4) is 0 Å². The first kappa shape index (κ1) is 24.1. The van der Waals surface area contributed by atoms with E-state index in [9.17, 15) is 9.59 Å². The molecule has 7 heteroatoms. The highest BCUT2D eigenvalue weighted by Crippen LogP contribution is 2.35. The Morgan fingerprint density at radius 1 is 1.08 bits per heavy atom. The van der Waals surface area contributed by atoms with Gasteiger partial charge in [0, 0.05) is 17.3 Å². The molecule has 0 spiro atoms. The molecule has 2 aromatic carbocycles. The number of nitrogens with one attached hydrogen (secondary N) is 1. The maximum atomic E-state index is 14.0. The molecule has 1 aliphatic heterocycles. The van der Waals surface area contributed by atoms with Gasteiger partial charge < -0.3 is 10.1 Å². The Hall–Kier alpha value is -3.61. The van der Waals surface area contributed by atoms with Gasteiger partial charge in [-0.3, -0.25) is 19.2 Å². The van der Waals surface area contributed by atoms with Crippen molar-refractivity contribution in [2.45, 2.75) is 70.5 Å². The maximum absolute atomic E-state index is 14.0. The Labute approximate surface area is 212 Å². The van der Waals surface area contributed by atoms with Crippen LogP contribution in [0.25, 0.3) is 11.3 Å². The van der Waals surface area contributed by atoms with Crippen LogP contribution in [-0.2, 0) is 17.8 Å². The minimum atomic E-state index is -1.13. The molecular formula is C29H34N4O3. The van der Waals surface area contributed by atoms with Crippen molar-refractivity contribution in [2.75, 3.05) is 12.0 Å². The second kappa shape index (κ2) is 9.80. The van der Waals surface area contributed by atoms with Crippen molar-refractivity contribution in [1.29, 1.82) is 0 Å². The van der Waals surface area contributed by atoms with Gasteiger partial charge in [0.15, 0.2) is 0 Å². The third-order valence-electron chi connectivity index (χ3n) is 7.57. The van der Waals surface area contributed by atoms with Crippen LogP contribution < -0.4 is 15.0 Å². The summed E-state index contributed by atoms with van der Waals surface area (Å²) in [5, 5.41) is 8.03. The van der Waals surface area contributed by atoms with Gasteiger partial charge in [0.05, 0.1) is 19.3 Å². The molecule has 2 amide bonds. The van der Waals surface area contributed by atoms with Gasteiger partial charge in [0.1, 0.15) is 17.0 Å². The summed E-state index contributed by atoms with van der Waals surface area (Å²) in [6.07, 6.45) is 6.35. The third-order valence-corrected chi connectivity index (χ3v) is 7.57. The normalized spacial score (nSPS) is 20.2. The number of anilines is 1. The van der Waals surface area contributed by atoms with Crippen molar-refractivity contribution in [1.82, 2.24) is 15.1 Å². The van der Waals surface area contributed by atoms with Gasteiger partial charge >= 0.3 is 0 Å². The van der Waals surface area contributed by atoms with E-state index in [4.69, 9.17) is 9.84 Å². The monoisotopic (exact) mass is 486 g/mol. The molecule has 1 fully saturated rings. The van der Waals surface area contributed by atoms with E-state index in [1.54, 1.807) is 16.7 Å². The molecule has 1 aliphatic carbocycles. The van der Waals surface area contributed by atoms with Crippen molar-refractivity contribution in [3.05, 3.63) is 65.9 Å². The number of aromatic nitrogens is 2. The fourth-order valence-electron chi connectivity index (χ4n) is 5.36. The first-order chi connectivity index (χ1) is 17.4. The minimum Gasteiger partial charge on any atom is -0.497 e. The zero-order valence-electron chi connectivity index (χ0n) is 21.3. The van der Waals surface area contributed by atoms with Crippen LogP contribution in [-0.4, -0.2) is 40.3 Å². The van der Waals surface area contributed by atoms with Gasteiger partial charge in [-0.1, -0.05) is 50.5 Å². The van der Waals surface area contributed by atoms with Gasteiger partial charge in [0.25, 0.3) is 5.91 Å². The third kappa shape index (κ3) is 4.38. The maximum Gasteiger partial charge on any atom is 0.277 e.